The number of allylic oxidation sites excluding steroid dienone is 1. The Bertz CT molecular complexity index is 894. The number of thioether (sulfide) groups is 1. The second-order valence-corrected chi connectivity index (χ2v) is 7.13. The Balaban J connectivity index is 1.87. The van der Waals surface area contributed by atoms with E-state index in [1.165, 1.54) is 0 Å². The summed E-state index contributed by atoms with van der Waals surface area (Å²) < 4.78 is 10.9. The van der Waals surface area contributed by atoms with Crippen LogP contribution in [-0.2, 0) is 14.3 Å². The van der Waals surface area contributed by atoms with Crippen LogP contribution in [0, 0.1) is 5.92 Å². The third-order valence-corrected chi connectivity index (χ3v) is 5.14. The fourth-order valence-electron chi connectivity index (χ4n) is 3.11. The molecule has 3 rings (SSSR count). The van der Waals surface area contributed by atoms with Gasteiger partial charge in [0, 0.05) is 35.1 Å². The molecule has 1 N–H and O–H groups in total. The molecule has 0 bridgehead atoms. The number of aliphatic hydroxyl groups is 1. The molecule has 2 aromatic rings. The summed E-state index contributed by atoms with van der Waals surface area (Å²) in [5.41, 5.74) is 0.490. The van der Waals surface area contributed by atoms with Gasteiger partial charge in [0.2, 0.25) is 5.88 Å². The van der Waals surface area contributed by atoms with Crippen LogP contribution < -0.4 is 4.74 Å². The van der Waals surface area contributed by atoms with E-state index >= 15 is 0 Å². The van der Waals surface area contributed by atoms with Gasteiger partial charge in [0.25, 0.3) is 0 Å². The smallest absolute Gasteiger partial charge is 0.317 e. The van der Waals surface area contributed by atoms with Crippen molar-refractivity contribution in [3.8, 4) is 11.6 Å². The molecular formula is C21H21NO5S. The molecule has 1 heterocycles. The molecule has 0 fully saturated rings. The van der Waals surface area contributed by atoms with E-state index in [0.29, 0.717) is 17.3 Å². The zero-order valence-corrected chi connectivity index (χ0v) is 16.4. The molecule has 1 aliphatic rings. The first-order valence-corrected chi connectivity index (χ1v) is 10.1. The van der Waals surface area contributed by atoms with Crippen molar-refractivity contribution in [1.29, 1.82) is 0 Å². The number of ether oxygens (including phenoxy) is 2. The van der Waals surface area contributed by atoms with Crippen LogP contribution in [0.15, 0.2) is 59.2 Å². The van der Waals surface area contributed by atoms with Gasteiger partial charge in [-0.25, -0.2) is 4.98 Å². The van der Waals surface area contributed by atoms with Crippen LogP contribution >= 0.6 is 11.8 Å². The van der Waals surface area contributed by atoms with Crippen LogP contribution in [0.1, 0.15) is 25.0 Å². The standard InChI is InChI=1S/C21H21NO5S/c1-3-26-21(25)20-16(11-13(23)12-18(20)24)17-5-4-6-19(22-17)27-14-7-9-15(28-2)10-8-14/h4-10,12,16,20,24H,3,11H2,1-2H3. The average molecular weight is 399 g/mol. The fourth-order valence-corrected chi connectivity index (χ4v) is 3.51. The van der Waals surface area contributed by atoms with Gasteiger partial charge in [-0.15, -0.1) is 11.8 Å². The lowest BCUT2D eigenvalue weighted by molar-refractivity contribution is -0.148. The van der Waals surface area contributed by atoms with E-state index in [4.69, 9.17) is 9.47 Å². The minimum absolute atomic E-state index is 0.0619. The minimum Gasteiger partial charge on any atom is -0.511 e. The molecule has 0 radical (unpaired) electrons. The van der Waals surface area contributed by atoms with Gasteiger partial charge in [0.05, 0.1) is 6.61 Å². The summed E-state index contributed by atoms with van der Waals surface area (Å²) in [5.74, 6) is -1.72. The molecule has 28 heavy (non-hydrogen) atoms. The van der Waals surface area contributed by atoms with Crippen LogP contribution in [0.2, 0.25) is 0 Å². The number of carbonyl (C=O) groups is 2. The number of rotatable bonds is 6. The van der Waals surface area contributed by atoms with E-state index in [2.05, 4.69) is 4.98 Å². The molecule has 7 heteroatoms. The van der Waals surface area contributed by atoms with Crippen LogP contribution in [0.25, 0.3) is 0 Å². The number of pyridine rings is 1. The molecule has 6 nitrogen and oxygen atoms in total. The zero-order valence-electron chi connectivity index (χ0n) is 15.6. The molecule has 0 aliphatic heterocycles. The molecule has 0 amide bonds. The van der Waals surface area contributed by atoms with E-state index in [1.54, 1.807) is 36.9 Å². The number of carbonyl (C=O) groups excluding carboxylic acids is 2. The maximum absolute atomic E-state index is 12.3. The highest BCUT2D eigenvalue weighted by molar-refractivity contribution is 7.98. The molecular weight excluding hydrogens is 378 g/mol. The summed E-state index contributed by atoms with van der Waals surface area (Å²) in [6, 6.07) is 12.8. The van der Waals surface area contributed by atoms with E-state index in [0.717, 1.165) is 11.0 Å². The lowest BCUT2D eigenvalue weighted by Gasteiger charge is -2.27. The van der Waals surface area contributed by atoms with Gasteiger partial charge in [-0.05, 0) is 43.5 Å². The first-order valence-electron chi connectivity index (χ1n) is 8.90. The number of hydrogen-bond acceptors (Lipinski definition) is 7. The molecule has 2 unspecified atom stereocenters. The maximum Gasteiger partial charge on any atom is 0.317 e. The Labute approximate surface area is 167 Å². The Hall–Kier alpha value is -2.80. The molecule has 1 aromatic carbocycles. The predicted octanol–water partition coefficient (Wildman–Crippen LogP) is 4.27. The normalized spacial score (nSPS) is 19.1. The Morgan fingerprint density at radius 1 is 1.25 bits per heavy atom. The fraction of sp³-hybridized carbons (Fsp3) is 0.286. The predicted molar refractivity (Wildman–Crippen MR) is 106 cm³/mol. The highest BCUT2D eigenvalue weighted by atomic mass is 32.2. The number of nitrogens with zero attached hydrogens (tertiary/aromatic N) is 1. The van der Waals surface area contributed by atoms with Crippen LogP contribution in [0.3, 0.4) is 0 Å². The summed E-state index contributed by atoms with van der Waals surface area (Å²) in [4.78, 5) is 29.9. The van der Waals surface area contributed by atoms with Gasteiger partial charge < -0.3 is 14.6 Å². The monoisotopic (exact) mass is 399 g/mol. The molecule has 1 aliphatic carbocycles. The quantitative estimate of drug-likeness (QED) is 0.573. The van der Waals surface area contributed by atoms with Gasteiger partial charge >= 0.3 is 5.97 Å². The highest BCUT2D eigenvalue weighted by Gasteiger charge is 2.39. The van der Waals surface area contributed by atoms with Crippen LogP contribution in [-0.4, -0.2) is 34.7 Å². The van der Waals surface area contributed by atoms with Crippen molar-refractivity contribution in [3.05, 3.63) is 60.0 Å². The number of esters is 1. The van der Waals surface area contributed by atoms with Gasteiger partial charge in [-0.2, -0.15) is 0 Å². The molecule has 0 saturated heterocycles. The molecule has 2 atom stereocenters. The van der Waals surface area contributed by atoms with Crippen molar-refractivity contribution in [2.75, 3.05) is 12.9 Å². The third-order valence-electron chi connectivity index (χ3n) is 4.40. The number of aliphatic hydroxyl groups excluding tert-OH is 1. The average Bonchev–Trinajstić information content (AvgIpc) is 2.68. The van der Waals surface area contributed by atoms with Crippen molar-refractivity contribution in [1.82, 2.24) is 4.98 Å². The Kier molecular flexibility index (Phi) is 6.36. The molecule has 1 aromatic heterocycles. The summed E-state index contributed by atoms with van der Waals surface area (Å²) in [6.07, 6.45) is 3.15. The number of benzene rings is 1. The van der Waals surface area contributed by atoms with Crippen molar-refractivity contribution in [2.24, 2.45) is 5.92 Å². The van der Waals surface area contributed by atoms with Gasteiger partial charge in [0.15, 0.2) is 5.78 Å². The van der Waals surface area contributed by atoms with Gasteiger partial charge in [0.1, 0.15) is 17.4 Å². The van der Waals surface area contributed by atoms with E-state index in [9.17, 15) is 14.7 Å². The van der Waals surface area contributed by atoms with E-state index in [-0.39, 0.29) is 24.6 Å². The summed E-state index contributed by atoms with van der Waals surface area (Å²) in [6.45, 7) is 1.88. The number of ketones is 1. The number of aromatic nitrogens is 1. The van der Waals surface area contributed by atoms with Crippen molar-refractivity contribution < 1.29 is 24.2 Å². The van der Waals surface area contributed by atoms with Crippen molar-refractivity contribution in [2.45, 2.75) is 24.2 Å². The summed E-state index contributed by atoms with van der Waals surface area (Å²) in [7, 11) is 0. The summed E-state index contributed by atoms with van der Waals surface area (Å²) >= 11 is 1.64. The first-order chi connectivity index (χ1) is 13.5. The van der Waals surface area contributed by atoms with E-state index in [1.807, 2.05) is 30.5 Å². The van der Waals surface area contributed by atoms with Gasteiger partial charge in [-0.3, -0.25) is 9.59 Å². The van der Waals surface area contributed by atoms with E-state index < -0.39 is 17.8 Å². The first kappa shape index (κ1) is 19.9. The Morgan fingerprint density at radius 2 is 2.00 bits per heavy atom. The largest absolute Gasteiger partial charge is 0.511 e. The topological polar surface area (TPSA) is 85.7 Å². The molecule has 146 valence electrons. The van der Waals surface area contributed by atoms with Crippen molar-refractivity contribution >= 4 is 23.5 Å². The second kappa shape index (κ2) is 8.93. The van der Waals surface area contributed by atoms with Crippen LogP contribution in [0.5, 0.6) is 11.6 Å². The minimum atomic E-state index is -0.957. The number of hydrogen-bond donors (Lipinski definition) is 1. The zero-order chi connectivity index (χ0) is 20.1. The van der Waals surface area contributed by atoms with Gasteiger partial charge in [-0.1, -0.05) is 6.07 Å². The van der Waals surface area contributed by atoms with Crippen LogP contribution in [0.4, 0.5) is 0 Å². The second-order valence-electron chi connectivity index (χ2n) is 6.25. The van der Waals surface area contributed by atoms with Crippen molar-refractivity contribution in [3.63, 3.8) is 0 Å². The third kappa shape index (κ3) is 4.54. The lowest BCUT2D eigenvalue weighted by Crippen LogP contribution is -2.32. The SMILES string of the molecule is CCOC(=O)C1C(O)=CC(=O)CC1c1cccc(Oc2ccc(SC)cc2)n1. The highest BCUT2D eigenvalue weighted by Crippen LogP contribution is 2.37. The molecule has 0 saturated carbocycles. The summed E-state index contributed by atoms with van der Waals surface area (Å²) in [5, 5.41) is 10.2. The molecule has 0 spiro atoms. The lowest BCUT2D eigenvalue weighted by atomic mass is 9.79. The maximum atomic E-state index is 12.3. The Morgan fingerprint density at radius 3 is 2.68 bits per heavy atom.